The first kappa shape index (κ1) is 13.4. The van der Waals surface area contributed by atoms with Gasteiger partial charge in [-0.2, -0.15) is 0 Å². The Morgan fingerprint density at radius 2 is 2.11 bits per heavy atom. The normalized spacial score (nSPS) is 10.2. The maximum atomic E-state index is 9.05. The van der Waals surface area contributed by atoms with Gasteiger partial charge in [0, 0.05) is 25.4 Å². The van der Waals surface area contributed by atoms with Crippen molar-refractivity contribution in [2.24, 2.45) is 0 Å². The van der Waals surface area contributed by atoms with E-state index in [1.807, 2.05) is 43.3 Å². The highest BCUT2D eigenvalue weighted by Crippen LogP contribution is 2.26. The number of pyridine rings is 1. The Morgan fingerprint density at radius 1 is 1.26 bits per heavy atom. The van der Waals surface area contributed by atoms with Gasteiger partial charge in [0.2, 0.25) is 0 Å². The molecule has 1 aromatic carbocycles. The van der Waals surface area contributed by atoms with Gasteiger partial charge in [-0.1, -0.05) is 18.2 Å². The molecule has 0 aliphatic rings. The minimum absolute atomic E-state index is 0.110. The fraction of sp³-hybridized carbons (Fsp3) is 0.267. The molecule has 2 aromatic rings. The van der Waals surface area contributed by atoms with Crippen LogP contribution in [0.5, 0.6) is 11.5 Å². The average molecular weight is 258 g/mol. The van der Waals surface area contributed by atoms with Crippen LogP contribution in [0.1, 0.15) is 12.5 Å². The van der Waals surface area contributed by atoms with Crippen molar-refractivity contribution in [2.45, 2.75) is 13.3 Å². The molecule has 0 saturated heterocycles. The summed E-state index contributed by atoms with van der Waals surface area (Å²) in [5.74, 6) is 2.29. The Balaban J connectivity index is 2.18. The highest BCUT2D eigenvalue weighted by molar-refractivity contribution is 5.44. The van der Waals surface area contributed by atoms with E-state index in [-0.39, 0.29) is 6.61 Å². The van der Waals surface area contributed by atoms with Crippen LogP contribution >= 0.6 is 0 Å². The van der Waals surface area contributed by atoms with Crippen LogP contribution in [0.2, 0.25) is 0 Å². The van der Waals surface area contributed by atoms with Gasteiger partial charge in [0.05, 0.1) is 0 Å². The third-order valence-electron chi connectivity index (χ3n) is 2.67. The number of hydrogen-bond donors (Lipinski definition) is 2. The van der Waals surface area contributed by atoms with Gasteiger partial charge < -0.3 is 15.2 Å². The molecule has 0 radical (unpaired) electrons. The van der Waals surface area contributed by atoms with Crippen molar-refractivity contribution < 1.29 is 9.84 Å². The lowest BCUT2D eigenvalue weighted by Gasteiger charge is -2.11. The molecule has 0 aliphatic heterocycles. The van der Waals surface area contributed by atoms with E-state index in [1.54, 1.807) is 6.20 Å². The number of ether oxygens (including phenoxy) is 1. The van der Waals surface area contributed by atoms with Gasteiger partial charge >= 0.3 is 0 Å². The number of aliphatic hydroxyl groups excluding tert-OH is 1. The largest absolute Gasteiger partial charge is 0.457 e. The van der Waals surface area contributed by atoms with Crippen LogP contribution in [-0.4, -0.2) is 23.2 Å². The predicted octanol–water partition coefficient (Wildman–Crippen LogP) is 2.84. The molecule has 0 spiro atoms. The van der Waals surface area contributed by atoms with E-state index in [4.69, 9.17) is 9.84 Å². The lowest BCUT2D eigenvalue weighted by molar-refractivity contribution is 0.298. The Kier molecular flexibility index (Phi) is 4.75. The zero-order valence-electron chi connectivity index (χ0n) is 11.0. The van der Waals surface area contributed by atoms with Crippen molar-refractivity contribution in [3.8, 4) is 11.5 Å². The van der Waals surface area contributed by atoms with E-state index in [2.05, 4.69) is 10.3 Å². The van der Waals surface area contributed by atoms with Crippen LogP contribution in [0.25, 0.3) is 0 Å². The molecule has 0 atom stereocenters. The standard InChI is InChI=1S/C15H18N2O2/c1-2-16-15-11-13(7-9-17-15)19-14-6-4-3-5-12(14)8-10-18/h3-7,9,11,18H,2,8,10H2,1H3,(H,16,17). The van der Waals surface area contributed by atoms with Gasteiger partial charge in [-0.25, -0.2) is 4.98 Å². The van der Waals surface area contributed by atoms with Crippen LogP contribution in [0.3, 0.4) is 0 Å². The third-order valence-corrected chi connectivity index (χ3v) is 2.67. The molecule has 0 unspecified atom stereocenters. The maximum Gasteiger partial charge on any atom is 0.132 e. The number of aliphatic hydroxyl groups is 1. The van der Waals surface area contributed by atoms with E-state index >= 15 is 0 Å². The molecule has 1 aromatic heterocycles. The zero-order valence-corrected chi connectivity index (χ0v) is 11.0. The number of para-hydroxylation sites is 1. The lowest BCUT2D eigenvalue weighted by atomic mass is 10.1. The van der Waals surface area contributed by atoms with E-state index in [0.29, 0.717) is 6.42 Å². The molecule has 4 heteroatoms. The molecule has 1 heterocycles. The molecular weight excluding hydrogens is 240 g/mol. The zero-order chi connectivity index (χ0) is 13.5. The molecule has 0 amide bonds. The van der Waals surface area contributed by atoms with Crippen molar-refractivity contribution >= 4 is 5.82 Å². The molecule has 0 aliphatic carbocycles. The number of hydrogen-bond acceptors (Lipinski definition) is 4. The molecule has 4 nitrogen and oxygen atoms in total. The van der Waals surface area contributed by atoms with Crippen molar-refractivity contribution in [2.75, 3.05) is 18.5 Å². The summed E-state index contributed by atoms with van der Waals surface area (Å²) in [5, 5.41) is 12.2. The molecule has 0 bridgehead atoms. The highest BCUT2D eigenvalue weighted by atomic mass is 16.5. The fourth-order valence-electron chi connectivity index (χ4n) is 1.81. The SMILES string of the molecule is CCNc1cc(Oc2ccccc2CCO)ccn1. The van der Waals surface area contributed by atoms with Gasteiger partial charge in [0.1, 0.15) is 17.3 Å². The minimum Gasteiger partial charge on any atom is -0.457 e. The molecule has 2 N–H and O–H groups in total. The van der Waals surface area contributed by atoms with E-state index in [9.17, 15) is 0 Å². The first-order valence-electron chi connectivity index (χ1n) is 6.40. The van der Waals surface area contributed by atoms with Crippen LogP contribution in [0.15, 0.2) is 42.6 Å². The van der Waals surface area contributed by atoms with Gasteiger partial charge in [-0.15, -0.1) is 0 Å². The third kappa shape index (κ3) is 3.69. The molecule has 0 saturated carbocycles. The number of anilines is 1. The summed E-state index contributed by atoms with van der Waals surface area (Å²) >= 11 is 0. The molecule has 100 valence electrons. The predicted molar refractivity (Wildman–Crippen MR) is 75.7 cm³/mol. The number of nitrogens with one attached hydrogen (secondary N) is 1. The quantitative estimate of drug-likeness (QED) is 0.836. The summed E-state index contributed by atoms with van der Waals surface area (Å²) in [6.45, 7) is 2.95. The second-order valence-corrected chi connectivity index (χ2v) is 4.09. The number of nitrogens with zero attached hydrogens (tertiary/aromatic N) is 1. The van der Waals surface area contributed by atoms with Crippen LogP contribution in [0.4, 0.5) is 5.82 Å². The maximum absolute atomic E-state index is 9.05. The molecule has 2 rings (SSSR count). The second-order valence-electron chi connectivity index (χ2n) is 4.09. The summed E-state index contributed by atoms with van der Waals surface area (Å²) in [4.78, 5) is 4.20. The summed E-state index contributed by atoms with van der Waals surface area (Å²) < 4.78 is 5.86. The Hall–Kier alpha value is -2.07. The first-order chi connectivity index (χ1) is 9.33. The van der Waals surface area contributed by atoms with E-state index in [1.165, 1.54) is 0 Å². The molecular formula is C15H18N2O2. The topological polar surface area (TPSA) is 54.4 Å². The van der Waals surface area contributed by atoms with Gasteiger partial charge in [-0.05, 0) is 31.0 Å². The van der Waals surface area contributed by atoms with Gasteiger partial charge in [-0.3, -0.25) is 0 Å². The fourth-order valence-corrected chi connectivity index (χ4v) is 1.81. The Morgan fingerprint density at radius 3 is 2.89 bits per heavy atom. The average Bonchev–Trinajstić information content (AvgIpc) is 2.42. The lowest BCUT2D eigenvalue weighted by Crippen LogP contribution is -1.99. The second kappa shape index (κ2) is 6.75. The Bertz CT molecular complexity index is 529. The minimum atomic E-state index is 0.110. The monoisotopic (exact) mass is 258 g/mol. The van der Waals surface area contributed by atoms with Crippen LogP contribution in [-0.2, 0) is 6.42 Å². The van der Waals surface area contributed by atoms with Crippen molar-refractivity contribution in [1.82, 2.24) is 4.98 Å². The van der Waals surface area contributed by atoms with Gasteiger partial charge in [0.15, 0.2) is 0 Å². The number of rotatable bonds is 6. The molecule has 0 fully saturated rings. The van der Waals surface area contributed by atoms with Crippen LogP contribution in [0, 0.1) is 0 Å². The summed E-state index contributed by atoms with van der Waals surface area (Å²) in [5.41, 5.74) is 0.992. The van der Waals surface area contributed by atoms with Crippen LogP contribution < -0.4 is 10.1 Å². The van der Waals surface area contributed by atoms with E-state index in [0.717, 1.165) is 29.4 Å². The van der Waals surface area contributed by atoms with Crippen molar-refractivity contribution in [1.29, 1.82) is 0 Å². The highest BCUT2D eigenvalue weighted by Gasteiger charge is 2.04. The smallest absolute Gasteiger partial charge is 0.132 e. The summed E-state index contributed by atoms with van der Waals surface area (Å²) in [6, 6.07) is 11.4. The van der Waals surface area contributed by atoms with Crippen molar-refractivity contribution in [3.05, 3.63) is 48.2 Å². The summed E-state index contributed by atoms with van der Waals surface area (Å²) in [6.07, 6.45) is 2.29. The Labute approximate surface area is 113 Å². The number of aromatic nitrogens is 1. The number of benzene rings is 1. The first-order valence-corrected chi connectivity index (χ1v) is 6.40. The molecule has 19 heavy (non-hydrogen) atoms. The summed E-state index contributed by atoms with van der Waals surface area (Å²) in [7, 11) is 0. The van der Waals surface area contributed by atoms with E-state index < -0.39 is 0 Å². The van der Waals surface area contributed by atoms with Gasteiger partial charge in [0.25, 0.3) is 0 Å². The van der Waals surface area contributed by atoms with Crippen molar-refractivity contribution in [3.63, 3.8) is 0 Å².